The van der Waals surface area contributed by atoms with Crippen molar-refractivity contribution in [3.63, 3.8) is 0 Å². The molecule has 5 nitrogen and oxygen atoms in total. The Hall–Kier alpha value is -1.36. The van der Waals surface area contributed by atoms with Crippen molar-refractivity contribution in [2.45, 2.75) is 26.2 Å². The molecule has 2 saturated heterocycles. The van der Waals surface area contributed by atoms with Crippen LogP contribution in [0.3, 0.4) is 0 Å². The van der Waals surface area contributed by atoms with Crippen LogP contribution in [-0.4, -0.2) is 49.2 Å². The van der Waals surface area contributed by atoms with Gasteiger partial charge in [0.05, 0.1) is 0 Å². The van der Waals surface area contributed by atoms with Crippen molar-refractivity contribution < 1.29 is 0 Å². The SMILES string of the molecule is Cc1cc(N2CCCCC2)nc(N2CCNCC2)n1. The highest BCUT2D eigenvalue weighted by Crippen LogP contribution is 2.21. The number of nitrogens with zero attached hydrogens (tertiary/aromatic N) is 4. The summed E-state index contributed by atoms with van der Waals surface area (Å²) in [5, 5.41) is 3.37. The second kappa shape index (κ2) is 5.74. The number of rotatable bonds is 2. The van der Waals surface area contributed by atoms with Gasteiger partial charge in [-0.05, 0) is 26.2 Å². The number of anilines is 2. The smallest absolute Gasteiger partial charge is 0.227 e. The van der Waals surface area contributed by atoms with Crippen LogP contribution in [0, 0.1) is 6.92 Å². The van der Waals surface area contributed by atoms with Crippen LogP contribution in [-0.2, 0) is 0 Å². The number of nitrogens with one attached hydrogen (secondary N) is 1. The number of piperazine rings is 1. The Kier molecular flexibility index (Phi) is 3.82. The minimum atomic E-state index is 0.905. The highest BCUT2D eigenvalue weighted by molar-refractivity contribution is 5.46. The quantitative estimate of drug-likeness (QED) is 0.866. The van der Waals surface area contributed by atoms with Gasteiger partial charge in [0.25, 0.3) is 0 Å². The summed E-state index contributed by atoms with van der Waals surface area (Å²) < 4.78 is 0. The van der Waals surface area contributed by atoms with Crippen molar-refractivity contribution in [1.82, 2.24) is 15.3 Å². The highest BCUT2D eigenvalue weighted by atomic mass is 15.3. The summed E-state index contributed by atoms with van der Waals surface area (Å²) in [7, 11) is 0. The second-order valence-electron chi connectivity index (χ2n) is 5.45. The fourth-order valence-corrected chi connectivity index (χ4v) is 2.83. The first-order chi connectivity index (χ1) is 9.33. The molecule has 2 aliphatic rings. The second-order valence-corrected chi connectivity index (χ2v) is 5.45. The Labute approximate surface area is 115 Å². The van der Waals surface area contributed by atoms with E-state index >= 15 is 0 Å². The van der Waals surface area contributed by atoms with Crippen LogP contribution < -0.4 is 15.1 Å². The summed E-state index contributed by atoms with van der Waals surface area (Å²) in [6.45, 7) is 8.40. The number of aromatic nitrogens is 2. The minimum Gasteiger partial charge on any atom is -0.356 e. The molecule has 0 aliphatic carbocycles. The lowest BCUT2D eigenvalue weighted by Gasteiger charge is -2.31. The van der Waals surface area contributed by atoms with Gasteiger partial charge in [0, 0.05) is 51.0 Å². The summed E-state index contributed by atoms with van der Waals surface area (Å²) in [6.07, 6.45) is 3.92. The van der Waals surface area contributed by atoms with Crippen LogP contribution in [0.2, 0.25) is 0 Å². The first-order valence-corrected chi connectivity index (χ1v) is 7.39. The molecule has 1 N–H and O–H groups in total. The zero-order valence-electron chi connectivity index (χ0n) is 11.7. The Bertz CT molecular complexity index is 386. The van der Waals surface area contributed by atoms with Gasteiger partial charge in [0.1, 0.15) is 5.82 Å². The van der Waals surface area contributed by atoms with E-state index in [1.165, 1.54) is 19.3 Å². The molecule has 1 aromatic rings. The van der Waals surface area contributed by atoms with Crippen molar-refractivity contribution in [3.8, 4) is 0 Å². The fraction of sp³-hybridized carbons (Fsp3) is 0.714. The molecule has 0 amide bonds. The van der Waals surface area contributed by atoms with Crippen LogP contribution in [0.15, 0.2) is 6.07 Å². The molecule has 2 fully saturated rings. The third-order valence-electron chi connectivity index (χ3n) is 3.91. The predicted octanol–water partition coefficient (Wildman–Crippen LogP) is 1.18. The topological polar surface area (TPSA) is 44.3 Å². The average Bonchev–Trinajstić information content (AvgIpc) is 2.48. The standard InChI is InChI=1S/C14H23N5/c1-12-11-13(18-7-3-2-4-8-18)17-14(16-12)19-9-5-15-6-10-19/h11,15H,2-10H2,1H3. The van der Waals surface area contributed by atoms with E-state index in [1.54, 1.807) is 0 Å². The lowest BCUT2D eigenvalue weighted by molar-refractivity contribution is 0.566. The summed E-state index contributed by atoms with van der Waals surface area (Å²) >= 11 is 0. The molecule has 3 heterocycles. The van der Waals surface area contributed by atoms with Crippen LogP contribution in [0.1, 0.15) is 25.0 Å². The summed E-state index contributed by atoms with van der Waals surface area (Å²) in [6, 6.07) is 2.12. The Morgan fingerprint density at radius 3 is 2.42 bits per heavy atom. The molecule has 3 rings (SSSR count). The van der Waals surface area contributed by atoms with E-state index in [4.69, 9.17) is 4.98 Å². The van der Waals surface area contributed by atoms with E-state index in [-0.39, 0.29) is 0 Å². The van der Waals surface area contributed by atoms with Gasteiger partial charge in [-0.15, -0.1) is 0 Å². The summed E-state index contributed by atoms with van der Waals surface area (Å²) in [5.41, 5.74) is 1.07. The van der Waals surface area contributed by atoms with E-state index in [9.17, 15) is 0 Å². The monoisotopic (exact) mass is 261 g/mol. The van der Waals surface area contributed by atoms with E-state index in [0.29, 0.717) is 0 Å². The van der Waals surface area contributed by atoms with Gasteiger partial charge in [-0.2, -0.15) is 4.98 Å². The van der Waals surface area contributed by atoms with Gasteiger partial charge in [-0.25, -0.2) is 4.98 Å². The van der Waals surface area contributed by atoms with Crippen molar-refractivity contribution >= 4 is 11.8 Å². The van der Waals surface area contributed by atoms with Crippen molar-refractivity contribution in [2.75, 3.05) is 49.1 Å². The molecule has 19 heavy (non-hydrogen) atoms. The van der Waals surface area contributed by atoms with Crippen LogP contribution in [0.4, 0.5) is 11.8 Å². The first kappa shape index (κ1) is 12.7. The third-order valence-corrected chi connectivity index (χ3v) is 3.91. The average molecular weight is 261 g/mol. The first-order valence-electron chi connectivity index (χ1n) is 7.39. The Morgan fingerprint density at radius 1 is 0.947 bits per heavy atom. The molecular formula is C14H23N5. The predicted molar refractivity (Wildman–Crippen MR) is 77.9 cm³/mol. The molecule has 0 radical (unpaired) electrons. The lowest BCUT2D eigenvalue weighted by Crippen LogP contribution is -2.44. The lowest BCUT2D eigenvalue weighted by atomic mass is 10.1. The van der Waals surface area contributed by atoms with Crippen LogP contribution >= 0.6 is 0 Å². The maximum Gasteiger partial charge on any atom is 0.227 e. The van der Waals surface area contributed by atoms with E-state index in [1.807, 2.05) is 0 Å². The molecule has 104 valence electrons. The normalized spacial score (nSPS) is 20.7. The molecule has 5 heteroatoms. The number of aryl methyl sites for hydroxylation is 1. The largest absolute Gasteiger partial charge is 0.356 e. The van der Waals surface area contributed by atoms with Gasteiger partial charge in [-0.3, -0.25) is 0 Å². The molecular weight excluding hydrogens is 238 g/mol. The Balaban J connectivity index is 1.82. The van der Waals surface area contributed by atoms with Gasteiger partial charge in [-0.1, -0.05) is 0 Å². The molecule has 2 aliphatic heterocycles. The highest BCUT2D eigenvalue weighted by Gasteiger charge is 2.17. The number of hydrogen-bond acceptors (Lipinski definition) is 5. The molecule has 0 saturated carbocycles. The van der Waals surface area contributed by atoms with Crippen molar-refractivity contribution in [1.29, 1.82) is 0 Å². The molecule has 0 spiro atoms. The summed E-state index contributed by atoms with van der Waals surface area (Å²) in [4.78, 5) is 14.1. The molecule has 0 unspecified atom stereocenters. The van der Waals surface area contributed by atoms with Crippen molar-refractivity contribution in [3.05, 3.63) is 11.8 Å². The summed E-state index contributed by atoms with van der Waals surface area (Å²) in [5.74, 6) is 2.02. The molecule has 0 aromatic carbocycles. The maximum absolute atomic E-state index is 4.79. The van der Waals surface area contributed by atoms with E-state index in [2.05, 4.69) is 33.1 Å². The molecule has 0 bridgehead atoms. The van der Waals surface area contributed by atoms with Crippen molar-refractivity contribution in [2.24, 2.45) is 0 Å². The van der Waals surface area contributed by atoms with Gasteiger partial charge in [0.15, 0.2) is 0 Å². The minimum absolute atomic E-state index is 0.905. The zero-order valence-corrected chi connectivity index (χ0v) is 11.7. The molecule has 1 aromatic heterocycles. The maximum atomic E-state index is 4.79. The van der Waals surface area contributed by atoms with Gasteiger partial charge >= 0.3 is 0 Å². The number of hydrogen-bond donors (Lipinski definition) is 1. The zero-order chi connectivity index (χ0) is 13.1. The van der Waals surface area contributed by atoms with Crippen LogP contribution in [0.25, 0.3) is 0 Å². The third kappa shape index (κ3) is 2.97. The van der Waals surface area contributed by atoms with Gasteiger partial charge < -0.3 is 15.1 Å². The molecule has 0 atom stereocenters. The van der Waals surface area contributed by atoms with Crippen LogP contribution in [0.5, 0.6) is 0 Å². The Morgan fingerprint density at radius 2 is 1.68 bits per heavy atom. The fourth-order valence-electron chi connectivity index (χ4n) is 2.83. The van der Waals surface area contributed by atoms with E-state index < -0.39 is 0 Å². The van der Waals surface area contributed by atoms with Gasteiger partial charge in [0.2, 0.25) is 5.95 Å². The van der Waals surface area contributed by atoms with E-state index in [0.717, 1.165) is 56.7 Å². The number of piperidine rings is 1.